The van der Waals surface area contributed by atoms with Crippen LogP contribution < -0.4 is 5.32 Å². The van der Waals surface area contributed by atoms with Gasteiger partial charge in [-0.25, -0.2) is 4.98 Å². The van der Waals surface area contributed by atoms with Crippen molar-refractivity contribution in [1.82, 2.24) is 10.3 Å². The number of fused-ring (bicyclic) bond motifs is 1. The maximum atomic E-state index is 5.87. The Hall–Kier alpha value is -1.35. The first kappa shape index (κ1) is 10.8. The van der Waals surface area contributed by atoms with Crippen LogP contribution in [0.25, 0.3) is 11.1 Å². The molecule has 1 aromatic heterocycles. The normalized spacial score (nSPS) is 17.7. The number of nitrogens with one attached hydrogen (secondary N) is 1. The topological polar surface area (TPSA) is 38.1 Å². The number of nitrogens with zero attached hydrogens (tertiary/aromatic N) is 1. The zero-order valence-corrected chi connectivity index (χ0v) is 10.2. The molecule has 1 saturated heterocycles. The van der Waals surface area contributed by atoms with Crippen LogP contribution in [-0.2, 0) is 6.42 Å². The van der Waals surface area contributed by atoms with E-state index in [0.29, 0.717) is 5.92 Å². The second kappa shape index (κ2) is 4.49. The van der Waals surface area contributed by atoms with Gasteiger partial charge in [-0.05, 0) is 50.0 Å². The van der Waals surface area contributed by atoms with Gasteiger partial charge in [-0.15, -0.1) is 0 Å². The zero-order valence-electron chi connectivity index (χ0n) is 10.2. The molecule has 0 atom stereocenters. The third-order valence-corrected chi connectivity index (χ3v) is 3.57. The van der Waals surface area contributed by atoms with E-state index in [9.17, 15) is 0 Å². The van der Waals surface area contributed by atoms with Gasteiger partial charge >= 0.3 is 0 Å². The van der Waals surface area contributed by atoms with Crippen molar-refractivity contribution in [3.63, 3.8) is 0 Å². The van der Waals surface area contributed by atoms with Crippen LogP contribution in [0.4, 0.5) is 0 Å². The summed E-state index contributed by atoms with van der Waals surface area (Å²) in [5.74, 6) is 1.42. The molecule has 0 unspecified atom stereocenters. The van der Waals surface area contributed by atoms with Crippen LogP contribution in [0, 0.1) is 0 Å². The maximum absolute atomic E-state index is 5.87. The van der Waals surface area contributed by atoms with E-state index >= 15 is 0 Å². The van der Waals surface area contributed by atoms with Crippen LogP contribution >= 0.6 is 0 Å². The second-order valence-corrected chi connectivity index (χ2v) is 4.73. The molecule has 1 fully saturated rings. The Kier molecular flexibility index (Phi) is 2.85. The highest BCUT2D eigenvalue weighted by Crippen LogP contribution is 2.28. The Morgan fingerprint density at radius 3 is 2.94 bits per heavy atom. The summed E-state index contributed by atoms with van der Waals surface area (Å²) in [6.07, 6.45) is 3.31. The Balaban J connectivity index is 1.95. The molecule has 17 heavy (non-hydrogen) atoms. The quantitative estimate of drug-likeness (QED) is 0.862. The van der Waals surface area contributed by atoms with Gasteiger partial charge in [-0.3, -0.25) is 0 Å². The molecule has 0 radical (unpaired) electrons. The lowest BCUT2D eigenvalue weighted by molar-refractivity contribution is 0.385. The van der Waals surface area contributed by atoms with E-state index in [1.54, 1.807) is 0 Å². The second-order valence-electron chi connectivity index (χ2n) is 4.73. The van der Waals surface area contributed by atoms with Gasteiger partial charge in [0.25, 0.3) is 0 Å². The molecule has 0 saturated carbocycles. The van der Waals surface area contributed by atoms with E-state index in [1.807, 2.05) is 6.07 Å². The maximum Gasteiger partial charge on any atom is 0.198 e. The number of hydrogen-bond acceptors (Lipinski definition) is 3. The van der Waals surface area contributed by atoms with Crippen LogP contribution in [-0.4, -0.2) is 18.1 Å². The Morgan fingerprint density at radius 2 is 2.18 bits per heavy atom. The minimum absolute atomic E-state index is 0.494. The van der Waals surface area contributed by atoms with Crippen molar-refractivity contribution in [3.8, 4) is 0 Å². The number of hydrogen-bond donors (Lipinski definition) is 1. The zero-order chi connectivity index (χ0) is 11.7. The number of oxazole rings is 1. The minimum Gasteiger partial charge on any atom is -0.440 e. The van der Waals surface area contributed by atoms with Gasteiger partial charge < -0.3 is 9.73 Å². The molecule has 0 aliphatic carbocycles. The molecule has 0 amide bonds. The molecule has 1 aliphatic heterocycles. The highest BCUT2D eigenvalue weighted by Gasteiger charge is 2.20. The number of benzene rings is 1. The van der Waals surface area contributed by atoms with E-state index in [2.05, 4.69) is 29.4 Å². The van der Waals surface area contributed by atoms with E-state index < -0.39 is 0 Å². The highest BCUT2D eigenvalue weighted by molar-refractivity contribution is 5.73. The molecule has 2 aromatic rings. The largest absolute Gasteiger partial charge is 0.440 e. The van der Waals surface area contributed by atoms with E-state index in [0.717, 1.165) is 49.3 Å². The minimum atomic E-state index is 0.494. The average Bonchev–Trinajstić information content (AvgIpc) is 2.82. The highest BCUT2D eigenvalue weighted by atomic mass is 16.3. The summed E-state index contributed by atoms with van der Waals surface area (Å²) in [5.41, 5.74) is 3.26. The van der Waals surface area contributed by atoms with Crippen molar-refractivity contribution in [2.24, 2.45) is 0 Å². The fraction of sp³-hybridized carbons (Fsp3) is 0.500. The van der Waals surface area contributed by atoms with Crippen molar-refractivity contribution >= 4 is 11.1 Å². The van der Waals surface area contributed by atoms with Crippen LogP contribution in [0.5, 0.6) is 0 Å². The molecule has 1 N–H and O–H groups in total. The van der Waals surface area contributed by atoms with E-state index in [1.165, 1.54) is 5.56 Å². The molecular weight excluding hydrogens is 212 g/mol. The lowest BCUT2D eigenvalue weighted by Crippen LogP contribution is -2.26. The van der Waals surface area contributed by atoms with Crippen LogP contribution in [0.3, 0.4) is 0 Å². The van der Waals surface area contributed by atoms with Crippen molar-refractivity contribution < 1.29 is 4.42 Å². The molecule has 0 spiro atoms. The summed E-state index contributed by atoms with van der Waals surface area (Å²) in [6.45, 7) is 4.31. The van der Waals surface area contributed by atoms with Gasteiger partial charge in [-0.1, -0.05) is 13.0 Å². The monoisotopic (exact) mass is 230 g/mol. The van der Waals surface area contributed by atoms with Gasteiger partial charge in [-0.2, -0.15) is 0 Å². The molecule has 1 aromatic carbocycles. The van der Waals surface area contributed by atoms with Gasteiger partial charge in [0.05, 0.1) is 0 Å². The SMILES string of the molecule is CCc1ccc2oc(C3CCNCC3)nc2c1. The summed E-state index contributed by atoms with van der Waals surface area (Å²) < 4.78 is 5.87. The Bertz CT molecular complexity index is 512. The molecule has 0 bridgehead atoms. The molecular formula is C14H18N2O. The van der Waals surface area contributed by atoms with Crippen molar-refractivity contribution in [1.29, 1.82) is 0 Å². The van der Waals surface area contributed by atoms with E-state index in [4.69, 9.17) is 4.42 Å². The number of piperidine rings is 1. The first-order valence-electron chi connectivity index (χ1n) is 6.47. The summed E-state index contributed by atoms with van der Waals surface area (Å²) in [4.78, 5) is 4.65. The Labute approximate surface area is 101 Å². The molecule has 3 rings (SSSR count). The van der Waals surface area contributed by atoms with Crippen molar-refractivity contribution in [3.05, 3.63) is 29.7 Å². The van der Waals surface area contributed by atoms with Crippen LogP contribution in [0.1, 0.15) is 37.1 Å². The lowest BCUT2D eigenvalue weighted by Gasteiger charge is -2.19. The Morgan fingerprint density at radius 1 is 1.35 bits per heavy atom. The molecule has 1 aliphatic rings. The predicted molar refractivity (Wildman–Crippen MR) is 68.2 cm³/mol. The molecule has 2 heterocycles. The average molecular weight is 230 g/mol. The summed E-state index contributed by atoms with van der Waals surface area (Å²) in [6, 6.07) is 6.31. The standard InChI is InChI=1S/C14H18N2O/c1-2-10-3-4-13-12(9-10)16-14(17-13)11-5-7-15-8-6-11/h3-4,9,11,15H,2,5-8H2,1H3. The molecule has 3 heteroatoms. The third kappa shape index (κ3) is 2.07. The third-order valence-electron chi connectivity index (χ3n) is 3.57. The van der Waals surface area contributed by atoms with Crippen LogP contribution in [0.15, 0.2) is 22.6 Å². The summed E-state index contributed by atoms with van der Waals surface area (Å²) in [5, 5.41) is 3.37. The van der Waals surface area contributed by atoms with Gasteiger partial charge in [0.2, 0.25) is 0 Å². The number of rotatable bonds is 2. The van der Waals surface area contributed by atoms with Crippen molar-refractivity contribution in [2.45, 2.75) is 32.1 Å². The fourth-order valence-corrected chi connectivity index (χ4v) is 2.45. The molecule has 3 nitrogen and oxygen atoms in total. The first-order chi connectivity index (χ1) is 8.36. The molecule has 90 valence electrons. The van der Waals surface area contributed by atoms with Crippen molar-refractivity contribution in [2.75, 3.05) is 13.1 Å². The van der Waals surface area contributed by atoms with Crippen LogP contribution in [0.2, 0.25) is 0 Å². The van der Waals surface area contributed by atoms with Gasteiger partial charge in [0, 0.05) is 5.92 Å². The van der Waals surface area contributed by atoms with Gasteiger partial charge in [0.1, 0.15) is 5.52 Å². The van der Waals surface area contributed by atoms with E-state index in [-0.39, 0.29) is 0 Å². The predicted octanol–water partition coefficient (Wildman–Crippen LogP) is 2.86. The first-order valence-corrected chi connectivity index (χ1v) is 6.47. The number of aryl methyl sites for hydroxylation is 1. The summed E-state index contributed by atoms with van der Waals surface area (Å²) >= 11 is 0. The lowest BCUT2D eigenvalue weighted by atomic mass is 9.98. The number of aromatic nitrogens is 1. The summed E-state index contributed by atoms with van der Waals surface area (Å²) in [7, 11) is 0. The van der Waals surface area contributed by atoms with Gasteiger partial charge in [0.15, 0.2) is 11.5 Å². The fourth-order valence-electron chi connectivity index (χ4n) is 2.45. The smallest absolute Gasteiger partial charge is 0.198 e.